The summed E-state index contributed by atoms with van der Waals surface area (Å²) in [6, 6.07) is 13.6. The Hall–Kier alpha value is -2.68. The van der Waals surface area contributed by atoms with Crippen LogP contribution < -0.4 is 14.4 Å². The van der Waals surface area contributed by atoms with E-state index in [0.717, 1.165) is 66.5 Å². The minimum absolute atomic E-state index is 0.0253. The molecule has 4 rings (SSSR count). The van der Waals surface area contributed by atoms with Crippen molar-refractivity contribution in [3.8, 4) is 11.5 Å². The maximum atomic E-state index is 13.3. The van der Waals surface area contributed by atoms with Crippen molar-refractivity contribution in [2.24, 2.45) is 0 Å². The highest BCUT2D eigenvalue weighted by Crippen LogP contribution is 2.32. The fourth-order valence-electron chi connectivity index (χ4n) is 3.80. The molecule has 1 aromatic heterocycles. The fourth-order valence-corrected chi connectivity index (χ4v) is 4.84. The molecule has 0 bridgehead atoms. The lowest BCUT2D eigenvalue weighted by atomic mass is 10.2. The van der Waals surface area contributed by atoms with Crippen molar-refractivity contribution in [2.75, 3.05) is 57.5 Å². The monoisotopic (exact) mass is 469 g/mol. The molecule has 0 spiro atoms. The van der Waals surface area contributed by atoms with E-state index in [2.05, 4.69) is 4.90 Å². The summed E-state index contributed by atoms with van der Waals surface area (Å²) in [5.74, 6) is 1.45. The SMILES string of the molecule is CCOc1ccc2nc(N(CCCN3CCOCC3)C(=O)COc3ccccc3C)sc2c1. The molecule has 0 N–H and O–H groups in total. The Bertz CT molecular complexity index is 1060. The number of thiazole rings is 1. The molecule has 1 aliphatic heterocycles. The van der Waals surface area contributed by atoms with Gasteiger partial charge in [-0.25, -0.2) is 4.98 Å². The van der Waals surface area contributed by atoms with Crippen molar-refractivity contribution in [1.82, 2.24) is 9.88 Å². The summed E-state index contributed by atoms with van der Waals surface area (Å²) >= 11 is 1.51. The number of hydrogen-bond donors (Lipinski definition) is 0. The molecule has 1 amide bonds. The normalized spacial score (nSPS) is 14.4. The van der Waals surface area contributed by atoms with Gasteiger partial charge in [0.1, 0.15) is 11.5 Å². The van der Waals surface area contributed by atoms with Gasteiger partial charge in [0.15, 0.2) is 11.7 Å². The van der Waals surface area contributed by atoms with Crippen LogP contribution in [0.3, 0.4) is 0 Å². The number of carbonyl (C=O) groups excluding carboxylic acids is 1. The first-order valence-electron chi connectivity index (χ1n) is 11.5. The Labute approximate surface area is 198 Å². The first kappa shape index (κ1) is 23.5. The van der Waals surface area contributed by atoms with Gasteiger partial charge in [0.05, 0.1) is 30.0 Å². The van der Waals surface area contributed by atoms with Crippen molar-refractivity contribution in [1.29, 1.82) is 0 Å². The van der Waals surface area contributed by atoms with Crippen LogP contribution in [0, 0.1) is 6.92 Å². The van der Waals surface area contributed by atoms with Gasteiger partial charge < -0.3 is 14.2 Å². The molecule has 7 nitrogen and oxygen atoms in total. The lowest BCUT2D eigenvalue weighted by Gasteiger charge is -2.27. The van der Waals surface area contributed by atoms with Crippen LogP contribution in [0.2, 0.25) is 0 Å². The Kier molecular flexibility index (Phi) is 8.15. The average molecular weight is 470 g/mol. The number of carbonyl (C=O) groups is 1. The van der Waals surface area contributed by atoms with Gasteiger partial charge in [0.2, 0.25) is 0 Å². The van der Waals surface area contributed by atoms with E-state index >= 15 is 0 Å². The van der Waals surface area contributed by atoms with Crippen LogP contribution in [0.15, 0.2) is 42.5 Å². The van der Waals surface area contributed by atoms with Crippen LogP contribution in [0.25, 0.3) is 10.2 Å². The number of rotatable bonds is 10. The zero-order valence-electron chi connectivity index (χ0n) is 19.3. The highest BCUT2D eigenvalue weighted by Gasteiger charge is 2.21. The zero-order valence-corrected chi connectivity index (χ0v) is 20.1. The van der Waals surface area contributed by atoms with Crippen molar-refractivity contribution < 1.29 is 19.0 Å². The quantitative estimate of drug-likeness (QED) is 0.445. The summed E-state index contributed by atoms with van der Waals surface area (Å²) in [6.45, 7) is 9.45. The third kappa shape index (κ3) is 6.22. The van der Waals surface area contributed by atoms with Crippen LogP contribution in [0.5, 0.6) is 11.5 Å². The molecule has 0 aliphatic carbocycles. The summed E-state index contributed by atoms with van der Waals surface area (Å²) in [7, 11) is 0. The number of amides is 1. The number of aryl methyl sites for hydroxylation is 1. The average Bonchev–Trinajstić information content (AvgIpc) is 3.25. The predicted molar refractivity (Wildman–Crippen MR) is 132 cm³/mol. The second kappa shape index (κ2) is 11.4. The Morgan fingerprint density at radius 1 is 1.18 bits per heavy atom. The number of para-hydroxylation sites is 1. The van der Waals surface area contributed by atoms with Crippen molar-refractivity contribution in [3.05, 3.63) is 48.0 Å². The van der Waals surface area contributed by atoms with E-state index in [-0.39, 0.29) is 12.5 Å². The number of morpholine rings is 1. The van der Waals surface area contributed by atoms with Gasteiger partial charge >= 0.3 is 0 Å². The van der Waals surface area contributed by atoms with Gasteiger partial charge in [-0.05, 0) is 50.1 Å². The number of anilines is 1. The molecule has 2 heterocycles. The fraction of sp³-hybridized carbons (Fsp3) is 0.440. The highest BCUT2D eigenvalue weighted by atomic mass is 32.1. The van der Waals surface area contributed by atoms with Crippen molar-refractivity contribution >= 4 is 32.6 Å². The standard InChI is InChI=1S/C25H31N3O4S/c1-3-31-20-9-10-21-23(17-20)33-25(26-21)28(12-6-11-27-13-15-30-16-14-27)24(29)18-32-22-8-5-4-7-19(22)2/h4-5,7-10,17H,3,6,11-16,18H2,1-2H3. The lowest BCUT2D eigenvalue weighted by molar-refractivity contribution is -0.120. The van der Waals surface area contributed by atoms with Crippen LogP contribution in [0.1, 0.15) is 18.9 Å². The summed E-state index contributed by atoms with van der Waals surface area (Å²) in [6.07, 6.45) is 0.857. The number of nitrogens with zero attached hydrogens (tertiary/aromatic N) is 3. The van der Waals surface area contributed by atoms with Gasteiger partial charge in [-0.1, -0.05) is 29.5 Å². The topological polar surface area (TPSA) is 64.1 Å². The van der Waals surface area contributed by atoms with E-state index in [4.69, 9.17) is 19.2 Å². The zero-order chi connectivity index (χ0) is 23.0. The molecule has 0 unspecified atom stereocenters. The first-order chi connectivity index (χ1) is 16.1. The second-order valence-electron chi connectivity index (χ2n) is 7.97. The maximum Gasteiger partial charge on any atom is 0.266 e. The van der Waals surface area contributed by atoms with E-state index in [9.17, 15) is 4.79 Å². The molecule has 0 radical (unpaired) electrons. The minimum atomic E-state index is -0.0932. The number of ether oxygens (including phenoxy) is 3. The number of aromatic nitrogens is 1. The molecule has 1 fully saturated rings. The number of fused-ring (bicyclic) bond motifs is 1. The van der Waals surface area contributed by atoms with E-state index in [1.165, 1.54) is 11.3 Å². The maximum absolute atomic E-state index is 13.3. The van der Waals surface area contributed by atoms with Crippen molar-refractivity contribution in [3.63, 3.8) is 0 Å². The Balaban J connectivity index is 1.49. The Morgan fingerprint density at radius 2 is 2.00 bits per heavy atom. The number of benzene rings is 2. The first-order valence-corrected chi connectivity index (χ1v) is 12.3. The van der Waals surface area contributed by atoms with Crippen LogP contribution in [-0.4, -0.2) is 68.4 Å². The third-order valence-corrected chi connectivity index (χ3v) is 6.64. The van der Waals surface area contributed by atoms with E-state index in [1.54, 1.807) is 4.90 Å². The molecule has 0 saturated carbocycles. The van der Waals surface area contributed by atoms with Gasteiger partial charge in [0, 0.05) is 26.2 Å². The predicted octanol–water partition coefficient (Wildman–Crippen LogP) is 4.14. The van der Waals surface area contributed by atoms with Crippen molar-refractivity contribution in [2.45, 2.75) is 20.3 Å². The molecule has 2 aromatic carbocycles. The van der Waals surface area contributed by atoms with E-state index in [1.807, 2.05) is 56.3 Å². The summed E-state index contributed by atoms with van der Waals surface area (Å²) in [4.78, 5) is 22.2. The largest absolute Gasteiger partial charge is 0.494 e. The summed E-state index contributed by atoms with van der Waals surface area (Å²) in [5, 5.41) is 0.694. The summed E-state index contributed by atoms with van der Waals surface area (Å²) < 4.78 is 17.9. The molecule has 8 heteroatoms. The molecule has 3 aromatic rings. The van der Waals surface area contributed by atoms with Crippen LogP contribution >= 0.6 is 11.3 Å². The molecular formula is C25H31N3O4S. The van der Waals surface area contributed by atoms with Crippen LogP contribution in [-0.2, 0) is 9.53 Å². The smallest absolute Gasteiger partial charge is 0.266 e. The van der Waals surface area contributed by atoms with Gasteiger partial charge in [-0.3, -0.25) is 14.6 Å². The van der Waals surface area contributed by atoms with Gasteiger partial charge in [-0.15, -0.1) is 0 Å². The minimum Gasteiger partial charge on any atom is -0.494 e. The molecule has 33 heavy (non-hydrogen) atoms. The molecule has 1 saturated heterocycles. The molecule has 176 valence electrons. The second-order valence-corrected chi connectivity index (χ2v) is 8.98. The molecule has 0 atom stereocenters. The summed E-state index contributed by atoms with van der Waals surface area (Å²) in [5.41, 5.74) is 1.87. The van der Waals surface area contributed by atoms with E-state index < -0.39 is 0 Å². The Morgan fingerprint density at radius 3 is 2.79 bits per heavy atom. The lowest BCUT2D eigenvalue weighted by Crippen LogP contribution is -2.40. The van der Waals surface area contributed by atoms with Gasteiger partial charge in [0.25, 0.3) is 5.91 Å². The van der Waals surface area contributed by atoms with Gasteiger partial charge in [-0.2, -0.15) is 0 Å². The number of hydrogen-bond acceptors (Lipinski definition) is 7. The molecule has 1 aliphatic rings. The highest BCUT2D eigenvalue weighted by molar-refractivity contribution is 7.22. The van der Waals surface area contributed by atoms with Crippen LogP contribution in [0.4, 0.5) is 5.13 Å². The van der Waals surface area contributed by atoms with E-state index in [0.29, 0.717) is 18.3 Å². The third-order valence-electron chi connectivity index (χ3n) is 5.60. The molecular weight excluding hydrogens is 438 g/mol.